The number of rotatable bonds is 8. The first-order chi connectivity index (χ1) is 9.60. The molecule has 1 amide bonds. The number of amides is 1. The molecule has 0 saturated heterocycles. The van der Waals surface area contributed by atoms with Crippen LogP contribution >= 0.6 is 0 Å². The number of carbonyl (C=O) groups is 1. The van der Waals surface area contributed by atoms with E-state index < -0.39 is 0 Å². The molecule has 1 atom stereocenters. The van der Waals surface area contributed by atoms with Crippen molar-refractivity contribution in [1.29, 1.82) is 0 Å². The lowest BCUT2D eigenvalue weighted by molar-refractivity contribution is -0.117. The zero-order valence-corrected chi connectivity index (χ0v) is 13.3. The zero-order valence-electron chi connectivity index (χ0n) is 13.3. The van der Waals surface area contributed by atoms with Gasteiger partial charge in [0.2, 0.25) is 5.91 Å². The van der Waals surface area contributed by atoms with Crippen LogP contribution in [0.5, 0.6) is 0 Å². The van der Waals surface area contributed by atoms with Crippen molar-refractivity contribution in [2.75, 3.05) is 23.3 Å². The Labute approximate surface area is 123 Å². The number of anilines is 2. The van der Waals surface area contributed by atoms with Gasteiger partial charge in [-0.2, -0.15) is 0 Å². The third-order valence-corrected chi connectivity index (χ3v) is 3.59. The second-order valence-corrected chi connectivity index (χ2v) is 5.37. The number of benzene rings is 1. The van der Waals surface area contributed by atoms with E-state index in [4.69, 9.17) is 0 Å². The largest absolute Gasteiger partial charge is 0.372 e. The highest BCUT2D eigenvalue weighted by molar-refractivity contribution is 5.91. The second kappa shape index (κ2) is 8.62. The third-order valence-electron chi connectivity index (χ3n) is 3.59. The molecule has 0 spiro atoms. The predicted molar refractivity (Wildman–Crippen MR) is 87.3 cm³/mol. The Morgan fingerprint density at radius 1 is 1.15 bits per heavy atom. The average molecular weight is 276 g/mol. The Balaban J connectivity index is 2.54. The minimum Gasteiger partial charge on any atom is -0.372 e. The van der Waals surface area contributed by atoms with Crippen LogP contribution in [0.3, 0.4) is 0 Å². The van der Waals surface area contributed by atoms with Crippen LogP contribution in [0.15, 0.2) is 24.3 Å². The van der Waals surface area contributed by atoms with Gasteiger partial charge >= 0.3 is 0 Å². The fourth-order valence-corrected chi connectivity index (χ4v) is 2.47. The van der Waals surface area contributed by atoms with Gasteiger partial charge in [-0.05, 0) is 44.0 Å². The highest BCUT2D eigenvalue weighted by Crippen LogP contribution is 2.18. The smallest absolute Gasteiger partial charge is 0.224 e. The fourth-order valence-electron chi connectivity index (χ4n) is 2.47. The summed E-state index contributed by atoms with van der Waals surface area (Å²) in [4.78, 5) is 14.2. The minimum atomic E-state index is 0.113. The SMILES string of the molecule is CCCC(C)CC(=O)Nc1ccc(N(CC)CC)cc1. The molecule has 3 heteroatoms. The molecular formula is C17H28N2O. The Bertz CT molecular complexity index is 396. The molecule has 112 valence electrons. The molecule has 0 fully saturated rings. The molecule has 1 unspecified atom stereocenters. The van der Waals surface area contributed by atoms with Crippen molar-refractivity contribution in [3.8, 4) is 0 Å². The summed E-state index contributed by atoms with van der Waals surface area (Å²) < 4.78 is 0. The summed E-state index contributed by atoms with van der Waals surface area (Å²) in [5, 5.41) is 2.98. The Morgan fingerprint density at radius 2 is 1.75 bits per heavy atom. The van der Waals surface area contributed by atoms with Gasteiger partial charge in [0.1, 0.15) is 0 Å². The number of nitrogens with one attached hydrogen (secondary N) is 1. The summed E-state index contributed by atoms with van der Waals surface area (Å²) >= 11 is 0. The lowest BCUT2D eigenvalue weighted by Crippen LogP contribution is -2.21. The molecule has 20 heavy (non-hydrogen) atoms. The quantitative estimate of drug-likeness (QED) is 0.768. The number of hydrogen-bond acceptors (Lipinski definition) is 2. The van der Waals surface area contributed by atoms with Gasteiger partial charge in [-0.15, -0.1) is 0 Å². The first kappa shape index (κ1) is 16.5. The number of carbonyl (C=O) groups excluding carboxylic acids is 1. The van der Waals surface area contributed by atoms with Gasteiger partial charge in [0.25, 0.3) is 0 Å². The third kappa shape index (κ3) is 5.24. The Kier molecular flexibility index (Phi) is 7.13. The van der Waals surface area contributed by atoms with Gasteiger partial charge in [0, 0.05) is 30.9 Å². The molecule has 1 N–H and O–H groups in total. The van der Waals surface area contributed by atoms with Crippen molar-refractivity contribution in [2.45, 2.75) is 47.0 Å². The van der Waals surface area contributed by atoms with E-state index in [1.807, 2.05) is 12.1 Å². The molecule has 1 aromatic carbocycles. The molecule has 0 bridgehead atoms. The van der Waals surface area contributed by atoms with E-state index in [1.165, 1.54) is 5.69 Å². The molecule has 0 aliphatic heterocycles. The first-order valence-electron chi connectivity index (χ1n) is 7.75. The van der Waals surface area contributed by atoms with Gasteiger partial charge in [-0.3, -0.25) is 4.79 Å². The molecule has 0 radical (unpaired) electrons. The number of nitrogens with zero attached hydrogens (tertiary/aromatic N) is 1. The van der Waals surface area contributed by atoms with Crippen molar-refractivity contribution in [3.05, 3.63) is 24.3 Å². The minimum absolute atomic E-state index is 0.113. The maximum atomic E-state index is 11.9. The van der Waals surface area contributed by atoms with E-state index in [0.29, 0.717) is 12.3 Å². The molecular weight excluding hydrogens is 248 g/mol. The van der Waals surface area contributed by atoms with Crippen LogP contribution in [0.1, 0.15) is 47.0 Å². The fraction of sp³-hybridized carbons (Fsp3) is 0.588. The van der Waals surface area contributed by atoms with Crippen LogP contribution in [0, 0.1) is 5.92 Å². The predicted octanol–water partition coefficient (Wildman–Crippen LogP) is 4.30. The van der Waals surface area contributed by atoms with Crippen LogP contribution in [0.25, 0.3) is 0 Å². The summed E-state index contributed by atoms with van der Waals surface area (Å²) in [5.41, 5.74) is 2.09. The van der Waals surface area contributed by atoms with Gasteiger partial charge in [0.05, 0.1) is 0 Å². The van der Waals surface area contributed by atoms with Crippen LogP contribution in [-0.2, 0) is 4.79 Å². The van der Waals surface area contributed by atoms with Crippen LogP contribution in [-0.4, -0.2) is 19.0 Å². The van der Waals surface area contributed by atoms with Gasteiger partial charge in [0.15, 0.2) is 0 Å². The van der Waals surface area contributed by atoms with Crippen molar-refractivity contribution in [1.82, 2.24) is 0 Å². The normalized spacial score (nSPS) is 12.0. The standard InChI is InChI=1S/C17H28N2O/c1-5-8-14(4)13-17(20)18-15-9-11-16(12-10-15)19(6-2)7-3/h9-12,14H,5-8,13H2,1-4H3,(H,18,20). The molecule has 0 aliphatic carbocycles. The van der Waals surface area contributed by atoms with Crippen LogP contribution in [0.4, 0.5) is 11.4 Å². The summed E-state index contributed by atoms with van der Waals surface area (Å²) in [6.07, 6.45) is 2.84. The molecule has 1 rings (SSSR count). The summed E-state index contributed by atoms with van der Waals surface area (Å²) in [6.45, 7) is 10.6. The van der Waals surface area contributed by atoms with Crippen molar-refractivity contribution >= 4 is 17.3 Å². The molecule has 0 aromatic heterocycles. The van der Waals surface area contributed by atoms with Gasteiger partial charge in [-0.25, -0.2) is 0 Å². The van der Waals surface area contributed by atoms with E-state index in [1.54, 1.807) is 0 Å². The molecule has 0 heterocycles. The Hall–Kier alpha value is -1.51. The average Bonchev–Trinajstić information content (AvgIpc) is 2.42. The maximum Gasteiger partial charge on any atom is 0.224 e. The van der Waals surface area contributed by atoms with E-state index in [9.17, 15) is 4.79 Å². The maximum absolute atomic E-state index is 11.9. The zero-order chi connectivity index (χ0) is 15.0. The molecule has 0 aliphatic rings. The molecule has 3 nitrogen and oxygen atoms in total. The lowest BCUT2D eigenvalue weighted by atomic mass is 10.0. The van der Waals surface area contributed by atoms with E-state index in [2.05, 4.69) is 50.0 Å². The summed E-state index contributed by atoms with van der Waals surface area (Å²) in [6, 6.07) is 8.10. The first-order valence-corrected chi connectivity index (χ1v) is 7.75. The van der Waals surface area contributed by atoms with Crippen LogP contribution < -0.4 is 10.2 Å². The second-order valence-electron chi connectivity index (χ2n) is 5.37. The molecule has 1 aromatic rings. The van der Waals surface area contributed by atoms with Crippen molar-refractivity contribution in [2.24, 2.45) is 5.92 Å². The van der Waals surface area contributed by atoms with Crippen LogP contribution in [0.2, 0.25) is 0 Å². The van der Waals surface area contributed by atoms with E-state index in [-0.39, 0.29) is 5.91 Å². The lowest BCUT2D eigenvalue weighted by Gasteiger charge is -2.21. The van der Waals surface area contributed by atoms with Crippen molar-refractivity contribution in [3.63, 3.8) is 0 Å². The Morgan fingerprint density at radius 3 is 2.25 bits per heavy atom. The highest BCUT2D eigenvalue weighted by atomic mass is 16.1. The van der Waals surface area contributed by atoms with Crippen molar-refractivity contribution < 1.29 is 4.79 Å². The van der Waals surface area contributed by atoms with Gasteiger partial charge < -0.3 is 10.2 Å². The highest BCUT2D eigenvalue weighted by Gasteiger charge is 2.09. The topological polar surface area (TPSA) is 32.3 Å². The number of hydrogen-bond donors (Lipinski definition) is 1. The van der Waals surface area contributed by atoms with Gasteiger partial charge in [-0.1, -0.05) is 26.7 Å². The van der Waals surface area contributed by atoms with E-state index in [0.717, 1.165) is 31.6 Å². The van der Waals surface area contributed by atoms with E-state index >= 15 is 0 Å². The molecule has 0 saturated carbocycles. The summed E-state index contributed by atoms with van der Waals surface area (Å²) in [7, 11) is 0. The monoisotopic (exact) mass is 276 g/mol. The summed E-state index contributed by atoms with van der Waals surface area (Å²) in [5.74, 6) is 0.566.